The first-order valence-electron chi connectivity index (χ1n) is 11.9. The second-order valence-corrected chi connectivity index (χ2v) is 8.97. The van der Waals surface area contributed by atoms with E-state index in [0.29, 0.717) is 28.3 Å². The van der Waals surface area contributed by atoms with Gasteiger partial charge in [-0.3, -0.25) is 4.79 Å². The van der Waals surface area contributed by atoms with Gasteiger partial charge in [-0.1, -0.05) is 18.2 Å². The van der Waals surface area contributed by atoms with Crippen molar-refractivity contribution in [1.82, 2.24) is 9.78 Å². The monoisotopic (exact) mass is 553 g/mol. The summed E-state index contributed by atoms with van der Waals surface area (Å²) >= 11 is 0. The number of hydrogen-bond acceptors (Lipinski definition) is 6. The summed E-state index contributed by atoms with van der Waals surface area (Å²) in [6.45, 7) is 1.55. The first-order valence-corrected chi connectivity index (χ1v) is 11.9. The second-order valence-electron chi connectivity index (χ2n) is 8.97. The van der Waals surface area contributed by atoms with E-state index in [2.05, 4.69) is 5.10 Å². The first kappa shape index (κ1) is 26.6. The fourth-order valence-electron chi connectivity index (χ4n) is 4.18. The molecule has 2 heterocycles. The number of aromatic nitrogens is 2. The molecule has 1 aliphatic heterocycles. The maximum Gasteiger partial charge on any atom is 0.435 e. The van der Waals surface area contributed by atoms with Gasteiger partial charge >= 0.3 is 12.1 Å². The van der Waals surface area contributed by atoms with Crippen molar-refractivity contribution >= 4 is 17.6 Å². The fraction of sp³-hybridized carbons (Fsp3) is 0.179. The summed E-state index contributed by atoms with van der Waals surface area (Å²) < 4.78 is 58.0. The molecule has 1 N–H and O–H groups in total. The van der Waals surface area contributed by atoms with Gasteiger partial charge in [-0.25, -0.2) is 9.48 Å². The molecule has 40 heavy (non-hydrogen) atoms. The second kappa shape index (κ2) is 10.3. The Hall–Kier alpha value is -5.00. The van der Waals surface area contributed by atoms with Gasteiger partial charge < -0.3 is 24.2 Å². The third-order valence-corrected chi connectivity index (χ3v) is 6.26. The van der Waals surface area contributed by atoms with Gasteiger partial charge in [0, 0.05) is 30.4 Å². The van der Waals surface area contributed by atoms with Crippen molar-refractivity contribution in [3.8, 4) is 23.1 Å². The Bertz CT molecular complexity index is 1620. The number of hydrogen-bond donors (Lipinski definition) is 1. The minimum absolute atomic E-state index is 0.0833. The average molecular weight is 553 g/mol. The summed E-state index contributed by atoms with van der Waals surface area (Å²) in [7, 11) is 1.56. The predicted molar refractivity (Wildman–Crippen MR) is 136 cm³/mol. The van der Waals surface area contributed by atoms with Crippen LogP contribution in [0.15, 0.2) is 66.7 Å². The molecule has 206 valence electrons. The van der Waals surface area contributed by atoms with Crippen molar-refractivity contribution in [2.45, 2.75) is 19.7 Å². The third kappa shape index (κ3) is 5.28. The molecule has 0 saturated carbocycles. The number of halogens is 3. The number of carbonyl (C=O) groups is 2. The minimum Gasteiger partial charge on any atom is -0.478 e. The van der Waals surface area contributed by atoms with E-state index in [0.717, 1.165) is 10.7 Å². The molecular weight excluding hydrogens is 531 g/mol. The Labute approximate surface area is 225 Å². The maximum atomic E-state index is 13.6. The lowest BCUT2D eigenvalue weighted by atomic mass is 10.1. The summed E-state index contributed by atoms with van der Waals surface area (Å²) in [5.41, 5.74) is 0.884. The van der Waals surface area contributed by atoms with E-state index >= 15 is 0 Å². The highest BCUT2D eigenvalue weighted by Crippen LogP contribution is 2.36. The number of carbonyl (C=O) groups excluding carboxylic acids is 1. The molecule has 0 saturated heterocycles. The summed E-state index contributed by atoms with van der Waals surface area (Å²) in [5, 5.41) is 12.9. The zero-order valence-electron chi connectivity index (χ0n) is 21.2. The average Bonchev–Trinajstić information content (AvgIpc) is 3.58. The van der Waals surface area contributed by atoms with Gasteiger partial charge in [-0.2, -0.15) is 18.3 Å². The molecule has 1 aromatic heterocycles. The minimum atomic E-state index is -4.74. The Balaban J connectivity index is 1.43. The van der Waals surface area contributed by atoms with E-state index in [1.165, 1.54) is 41.3 Å². The lowest BCUT2D eigenvalue weighted by Gasteiger charge is -2.18. The zero-order valence-corrected chi connectivity index (χ0v) is 21.2. The van der Waals surface area contributed by atoms with Crippen LogP contribution in [-0.4, -0.2) is 40.6 Å². The molecule has 4 aromatic rings. The topological polar surface area (TPSA) is 103 Å². The summed E-state index contributed by atoms with van der Waals surface area (Å²) in [6.07, 6.45) is -4.74. The van der Waals surface area contributed by atoms with Crippen LogP contribution in [0.3, 0.4) is 0 Å². The van der Waals surface area contributed by atoms with Gasteiger partial charge in [-0.15, -0.1) is 0 Å². The van der Waals surface area contributed by atoms with Crippen molar-refractivity contribution in [1.29, 1.82) is 0 Å². The Morgan fingerprint density at radius 1 is 1.05 bits per heavy atom. The molecule has 0 aliphatic carbocycles. The number of anilines is 1. The molecule has 5 rings (SSSR count). The predicted octanol–water partition coefficient (Wildman–Crippen LogP) is 5.48. The molecule has 0 fully saturated rings. The number of nitrogens with zero attached hydrogens (tertiary/aromatic N) is 3. The molecule has 12 heteroatoms. The smallest absolute Gasteiger partial charge is 0.435 e. The van der Waals surface area contributed by atoms with Gasteiger partial charge in [0.2, 0.25) is 12.7 Å². The Morgan fingerprint density at radius 3 is 2.55 bits per heavy atom. The normalized spacial score (nSPS) is 12.3. The first-order chi connectivity index (χ1) is 19.0. The molecule has 0 atom stereocenters. The van der Waals surface area contributed by atoms with Crippen LogP contribution in [0.2, 0.25) is 0 Å². The lowest BCUT2D eigenvalue weighted by molar-refractivity contribution is -0.141. The van der Waals surface area contributed by atoms with Crippen LogP contribution in [0.25, 0.3) is 5.69 Å². The molecule has 0 spiro atoms. The van der Waals surface area contributed by atoms with E-state index in [9.17, 15) is 27.9 Å². The van der Waals surface area contributed by atoms with Gasteiger partial charge in [-0.05, 0) is 54.4 Å². The van der Waals surface area contributed by atoms with E-state index in [4.69, 9.17) is 14.2 Å². The molecule has 1 aliphatic rings. The quantitative estimate of drug-likeness (QED) is 0.323. The maximum absolute atomic E-state index is 13.6. The van der Waals surface area contributed by atoms with Gasteiger partial charge in [0.05, 0.1) is 11.3 Å². The zero-order chi connectivity index (χ0) is 28.6. The fourth-order valence-corrected chi connectivity index (χ4v) is 4.18. The number of ether oxygens (including phenoxy) is 3. The number of alkyl halides is 3. The molecular formula is C28H22F3N3O6. The number of fused-ring (bicyclic) bond motifs is 1. The third-order valence-electron chi connectivity index (χ3n) is 6.26. The van der Waals surface area contributed by atoms with E-state index in [1.807, 2.05) is 0 Å². The molecule has 1 amide bonds. The van der Waals surface area contributed by atoms with Crippen LogP contribution in [0.5, 0.6) is 17.4 Å². The van der Waals surface area contributed by atoms with E-state index in [-0.39, 0.29) is 36.1 Å². The van der Waals surface area contributed by atoms with Crippen LogP contribution in [0, 0.1) is 6.92 Å². The summed E-state index contributed by atoms with van der Waals surface area (Å²) in [6, 6.07) is 16.3. The molecule has 0 radical (unpaired) electrons. The highest BCUT2D eigenvalue weighted by atomic mass is 19.4. The van der Waals surface area contributed by atoms with Gasteiger partial charge in [0.25, 0.3) is 5.91 Å². The lowest BCUT2D eigenvalue weighted by Crippen LogP contribution is -2.26. The summed E-state index contributed by atoms with van der Waals surface area (Å²) in [5.74, 6) is -0.652. The van der Waals surface area contributed by atoms with E-state index in [1.54, 1.807) is 38.2 Å². The molecule has 0 unspecified atom stereocenters. The van der Waals surface area contributed by atoms with Crippen molar-refractivity contribution in [3.05, 3.63) is 94.7 Å². The van der Waals surface area contributed by atoms with Crippen LogP contribution in [-0.2, 0) is 12.8 Å². The van der Waals surface area contributed by atoms with Crippen molar-refractivity contribution < 1.29 is 42.1 Å². The SMILES string of the molecule is Cc1cc(COc2cc(C(F)(F)F)nn2-c2cccc(C(=O)N(C)c3ccc4c(c3)OCO4)c2)ccc1C(=O)O. The number of carboxylic acids is 1. The summed E-state index contributed by atoms with van der Waals surface area (Å²) in [4.78, 5) is 25.9. The van der Waals surface area contributed by atoms with Crippen molar-refractivity contribution in [2.24, 2.45) is 0 Å². The number of benzene rings is 3. The van der Waals surface area contributed by atoms with Crippen LogP contribution >= 0.6 is 0 Å². The largest absolute Gasteiger partial charge is 0.478 e. The van der Waals surface area contributed by atoms with Crippen LogP contribution < -0.4 is 19.1 Å². The standard InChI is InChI=1S/C28H22F3N3O6/c1-16-10-17(6-8-21(16)27(36)37)14-38-25-13-24(28(29,30)31)32-34(25)20-5-3-4-18(11-20)26(35)33(2)19-7-9-22-23(12-19)40-15-39-22/h3-13H,14-15H2,1-2H3,(H,36,37). The van der Waals surface area contributed by atoms with Crippen LogP contribution in [0.1, 0.15) is 37.5 Å². The molecule has 9 nitrogen and oxygen atoms in total. The number of aryl methyl sites for hydroxylation is 1. The molecule has 3 aromatic carbocycles. The van der Waals surface area contributed by atoms with Crippen LogP contribution in [0.4, 0.5) is 18.9 Å². The number of aromatic carboxylic acids is 1. The highest BCUT2D eigenvalue weighted by molar-refractivity contribution is 6.06. The Morgan fingerprint density at radius 2 is 1.82 bits per heavy atom. The molecule has 0 bridgehead atoms. The van der Waals surface area contributed by atoms with Crippen molar-refractivity contribution in [3.63, 3.8) is 0 Å². The van der Waals surface area contributed by atoms with Crippen molar-refractivity contribution in [2.75, 3.05) is 18.7 Å². The number of rotatable bonds is 7. The Kier molecular flexibility index (Phi) is 6.84. The van der Waals surface area contributed by atoms with Gasteiger partial charge in [0.1, 0.15) is 6.61 Å². The number of carboxylic acid groups (broad SMARTS) is 1. The number of amides is 1. The van der Waals surface area contributed by atoms with Gasteiger partial charge in [0.15, 0.2) is 17.2 Å². The van der Waals surface area contributed by atoms with E-state index < -0.39 is 23.7 Å². The highest BCUT2D eigenvalue weighted by Gasteiger charge is 2.35.